The molecule has 1 aromatic rings. The highest BCUT2D eigenvalue weighted by molar-refractivity contribution is 7.89. The van der Waals surface area contributed by atoms with Crippen molar-refractivity contribution in [3.63, 3.8) is 0 Å². The Balaban J connectivity index is 0.00000529. The molecule has 4 N–H and O–H groups in total. The van der Waals surface area contributed by atoms with Crippen LogP contribution in [0.2, 0.25) is 0 Å². The Labute approximate surface area is 151 Å². The number of nitrogens with two attached hydrogens (primary N) is 1. The van der Waals surface area contributed by atoms with Gasteiger partial charge in [0.2, 0.25) is 10.0 Å². The summed E-state index contributed by atoms with van der Waals surface area (Å²) in [5.41, 5.74) is 5.99. The van der Waals surface area contributed by atoms with Gasteiger partial charge in [-0.3, -0.25) is 4.79 Å². The van der Waals surface area contributed by atoms with E-state index in [1.165, 1.54) is 12.1 Å². The molecule has 0 aromatic heterocycles. The van der Waals surface area contributed by atoms with Crippen LogP contribution >= 0.6 is 12.4 Å². The van der Waals surface area contributed by atoms with E-state index in [9.17, 15) is 13.2 Å². The van der Waals surface area contributed by atoms with E-state index in [4.69, 9.17) is 5.73 Å². The third kappa shape index (κ3) is 7.17. The molecular formula is C16H28ClN3O3S. The van der Waals surface area contributed by atoms with Gasteiger partial charge >= 0.3 is 0 Å². The van der Waals surface area contributed by atoms with E-state index in [0.29, 0.717) is 18.0 Å². The number of amides is 1. The zero-order valence-electron chi connectivity index (χ0n) is 14.6. The third-order valence-corrected chi connectivity index (χ3v) is 4.83. The van der Waals surface area contributed by atoms with Crippen LogP contribution in [0.15, 0.2) is 29.2 Å². The monoisotopic (exact) mass is 377 g/mol. The molecule has 1 amide bonds. The molecule has 6 nitrogen and oxygen atoms in total. The Morgan fingerprint density at radius 3 is 2.33 bits per heavy atom. The fourth-order valence-electron chi connectivity index (χ4n) is 2.23. The lowest BCUT2D eigenvalue weighted by Gasteiger charge is -2.19. The molecule has 0 aliphatic rings. The van der Waals surface area contributed by atoms with E-state index in [-0.39, 0.29) is 35.3 Å². The molecule has 0 aliphatic heterocycles. The summed E-state index contributed by atoms with van der Waals surface area (Å²) in [6, 6.07) is 5.65. The summed E-state index contributed by atoms with van der Waals surface area (Å²) in [7, 11) is -3.62. The fourth-order valence-corrected chi connectivity index (χ4v) is 3.53. The Hall–Kier alpha value is -1.15. The van der Waals surface area contributed by atoms with Crippen LogP contribution in [0.3, 0.4) is 0 Å². The number of hydrogen-bond acceptors (Lipinski definition) is 4. The molecule has 24 heavy (non-hydrogen) atoms. The Morgan fingerprint density at radius 2 is 1.83 bits per heavy atom. The van der Waals surface area contributed by atoms with Crippen molar-refractivity contribution in [1.29, 1.82) is 0 Å². The molecule has 138 valence electrons. The van der Waals surface area contributed by atoms with Crippen LogP contribution in [0, 0.1) is 5.92 Å². The number of nitrogens with one attached hydrogen (secondary N) is 2. The van der Waals surface area contributed by atoms with Gasteiger partial charge in [0, 0.05) is 24.2 Å². The quantitative estimate of drug-likeness (QED) is 0.643. The summed E-state index contributed by atoms with van der Waals surface area (Å²) in [5, 5.41) is 2.85. The van der Waals surface area contributed by atoms with Crippen LogP contribution in [0.1, 0.15) is 44.5 Å². The van der Waals surface area contributed by atoms with Crippen molar-refractivity contribution >= 4 is 28.3 Å². The summed E-state index contributed by atoms with van der Waals surface area (Å²) in [4.78, 5) is 12.4. The van der Waals surface area contributed by atoms with Gasteiger partial charge in [-0.05, 0) is 44.4 Å². The number of rotatable bonds is 8. The lowest BCUT2D eigenvalue weighted by atomic mass is 10.0. The number of halogens is 1. The molecule has 0 heterocycles. The second kappa shape index (κ2) is 9.98. The highest BCUT2D eigenvalue weighted by Crippen LogP contribution is 2.13. The van der Waals surface area contributed by atoms with E-state index in [1.54, 1.807) is 26.0 Å². The number of hydrogen-bond donors (Lipinski definition) is 3. The zero-order valence-corrected chi connectivity index (χ0v) is 16.2. The van der Waals surface area contributed by atoms with Crippen molar-refractivity contribution in [2.45, 2.75) is 51.1 Å². The van der Waals surface area contributed by atoms with Crippen LogP contribution in [-0.4, -0.2) is 33.0 Å². The van der Waals surface area contributed by atoms with Gasteiger partial charge in [0.1, 0.15) is 0 Å². The van der Waals surface area contributed by atoms with E-state index in [2.05, 4.69) is 23.9 Å². The summed E-state index contributed by atoms with van der Waals surface area (Å²) < 4.78 is 26.9. The first-order chi connectivity index (χ1) is 10.7. The number of sulfonamides is 1. The Bertz CT molecular complexity index is 633. The van der Waals surface area contributed by atoms with Gasteiger partial charge in [-0.1, -0.05) is 19.9 Å². The van der Waals surface area contributed by atoms with E-state index < -0.39 is 10.0 Å². The normalized spacial score (nSPS) is 12.8. The molecule has 0 saturated heterocycles. The van der Waals surface area contributed by atoms with E-state index >= 15 is 0 Å². The fraction of sp³-hybridized carbons (Fsp3) is 0.562. The van der Waals surface area contributed by atoms with Gasteiger partial charge in [0.25, 0.3) is 5.91 Å². The van der Waals surface area contributed by atoms with Gasteiger partial charge in [0.05, 0.1) is 4.90 Å². The van der Waals surface area contributed by atoms with Gasteiger partial charge in [-0.15, -0.1) is 12.4 Å². The molecule has 1 unspecified atom stereocenters. The van der Waals surface area contributed by atoms with Gasteiger partial charge in [0.15, 0.2) is 0 Å². The Kier molecular flexibility index (Phi) is 9.50. The second-order valence-electron chi connectivity index (χ2n) is 6.34. The first-order valence-electron chi connectivity index (χ1n) is 7.79. The largest absolute Gasteiger partial charge is 0.348 e. The molecule has 1 atom stereocenters. The van der Waals surface area contributed by atoms with E-state index in [0.717, 1.165) is 6.42 Å². The molecule has 0 radical (unpaired) electrons. The number of benzene rings is 1. The molecule has 0 spiro atoms. The Morgan fingerprint density at radius 1 is 1.21 bits per heavy atom. The first kappa shape index (κ1) is 22.9. The van der Waals surface area contributed by atoms with Gasteiger partial charge in [-0.25, -0.2) is 13.1 Å². The maximum absolute atomic E-state index is 12.3. The minimum Gasteiger partial charge on any atom is -0.348 e. The van der Waals surface area contributed by atoms with Crippen molar-refractivity contribution in [3.8, 4) is 0 Å². The topological polar surface area (TPSA) is 101 Å². The second-order valence-corrected chi connectivity index (χ2v) is 8.05. The van der Waals surface area contributed by atoms with Crippen molar-refractivity contribution in [2.24, 2.45) is 11.7 Å². The standard InChI is InChI=1S/C16H27N3O3S.ClH/c1-11(2)8-14(10-17)18-16(20)13-6-5-7-15(9-13)23(21,22)19-12(3)4;/h5-7,9,11-12,14,19H,8,10,17H2,1-4H3,(H,18,20);1H. The highest BCUT2D eigenvalue weighted by Gasteiger charge is 2.18. The summed E-state index contributed by atoms with van der Waals surface area (Å²) in [6.07, 6.45) is 0.773. The molecule has 0 saturated carbocycles. The third-order valence-electron chi connectivity index (χ3n) is 3.17. The van der Waals surface area contributed by atoms with Crippen molar-refractivity contribution < 1.29 is 13.2 Å². The van der Waals surface area contributed by atoms with Crippen molar-refractivity contribution in [1.82, 2.24) is 10.0 Å². The SMILES string of the molecule is CC(C)CC(CN)NC(=O)c1cccc(S(=O)(=O)NC(C)C)c1.Cl. The molecule has 0 bridgehead atoms. The van der Waals surface area contributed by atoms with Gasteiger partial charge in [-0.2, -0.15) is 0 Å². The van der Waals surface area contributed by atoms with Crippen LogP contribution < -0.4 is 15.8 Å². The predicted molar refractivity (Wildman–Crippen MR) is 98.9 cm³/mol. The molecule has 1 rings (SSSR count). The molecule has 1 aromatic carbocycles. The summed E-state index contributed by atoms with van der Waals surface area (Å²) in [5.74, 6) is 0.0912. The number of carbonyl (C=O) groups is 1. The van der Waals surface area contributed by atoms with Crippen molar-refractivity contribution in [2.75, 3.05) is 6.54 Å². The maximum Gasteiger partial charge on any atom is 0.251 e. The number of carbonyl (C=O) groups excluding carboxylic acids is 1. The minimum atomic E-state index is -3.62. The lowest BCUT2D eigenvalue weighted by Crippen LogP contribution is -2.41. The average molecular weight is 378 g/mol. The van der Waals surface area contributed by atoms with Gasteiger partial charge < -0.3 is 11.1 Å². The van der Waals surface area contributed by atoms with Crippen LogP contribution in [0.4, 0.5) is 0 Å². The van der Waals surface area contributed by atoms with Crippen LogP contribution in [0.25, 0.3) is 0 Å². The smallest absolute Gasteiger partial charge is 0.251 e. The molecule has 0 aliphatic carbocycles. The average Bonchev–Trinajstić information content (AvgIpc) is 2.44. The van der Waals surface area contributed by atoms with E-state index in [1.807, 2.05) is 0 Å². The lowest BCUT2D eigenvalue weighted by molar-refractivity contribution is 0.0933. The predicted octanol–water partition coefficient (Wildman–Crippen LogP) is 1.90. The zero-order chi connectivity index (χ0) is 17.6. The summed E-state index contributed by atoms with van der Waals surface area (Å²) in [6.45, 7) is 7.94. The first-order valence-corrected chi connectivity index (χ1v) is 9.27. The highest BCUT2D eigenvalue weighted by atomic mass is 35.5. The molecule has 0 fully saturated rings. The van der Waals surface area contributed by atoms with Crippen molar-refractivity contribution in [3.05, 3.63) is 29.8 Å². The van der Waals surface area contributed by atoms with Crippen LogP contribution in [0.5, 0.6) is 0 Å². The molecule has 8 heteroatoms. The van der Waals surface area contributed by atoms with Crippen LogP contribution in [-0.2, 0) is 10.0 Å². The summed E-state index contributed by atoms with van der Waals surface area (Å²) >= 11 is 0. The minimum absolute atomic E-state index is 0. The maximum atomic E-state index is 12.3. The molecular weight excluding hydrogens is 350 g/mol.